The molecule has 0 aliphatic heterocycles. The molecule has 3 nitrogen and oxygen atoms in total. The molecule has 6 heteroatoms. The van der Waals surface area contributed by atoms with E-state index in [0.29, 0.717) is 21.0 Å². The number of nitrogens with one attached hydrogen (secondary N) is 1. The van der Waals surface area contributed by atoms with Gasteiger partial charge in [-0.25, -0.2) is 0 Å². The van der Waals surface area contributed by atoms with Crippen LogP contribution in [0.4, 0.5) is 0 Å². The highest BCUT2D eigenvalue weighted by molar-refractivity contribution is 14.1. The minimum Gasteiger partial charge on any atom is -0.330 e. The molecule has 1 N–H and O–H groups in total. The number of aromatic nitrogens is 2. The van der Waals surface area contributed by atoms with E-state index >= 15 is 0 Å². The maximum atomic E-state index is 9.26. The van der Waals surface area contributed by atoms with E-state index in [4.69, 9.17) is 23.8 Å². The first-order valence-electron chi connectivity index (χ1n) is 5.70. The lowest BCUT2D eigenvalue weighted by Crippen LogP contribution is -1.97. The highest BCUT2D eigenvalue weighted by atomic mass is 127. The van der Waals surface area contributed by atoms with Gasteiger partial charge in [0.05, 0.1) is 22.3 Å². The Morgan fingerprint density at radius 2 is 2.05 bits per heavy atom. The van der Waals surface area contributed by atoms with Crippen molar-refractivity contribution < 1.29 is 0 Å². The molecule has 0 saturated carbocycles. The summed E-state index contributed by atoms with van der Waals surface area (Å²) in [6.45, 7) is 0. The Morgan fingerprint density at radius 1 is 1.25 bits per heavy atom. The summed E-state index contributed by atoms with van der Waals surface area (Å²) >= 11 is 13.7. The highest BCUT2D eigenvalue weighted by Crippen LogP contribution is 2.25. The summed E-state index contributed by atoms with van der Waals surface area (Å²) in [7, 11) is 0. The Bertz CT molecular complexity index is 920. The second kappa shape index (κ2) is 5.20. The van der Waals surface area contributed by atoms with Crippen molar-refractivity contribution in [3.63, 3.8) is 0 Å². The molecule has 1 aromatic heterocycles. The largest absolute Gasteiger partial charge is 0.330 e. The van der Waals surface area contributed by atoms with E-state index in [0.717, 1.165) is 14.6 Å². The number of rotatable bonds is 1. The van der Waals surface area contributed by atoms with Gasteiger partial charge in [-0.2, -0.15) is 5.26 Å². The van der Waals surface area contributed by atoms with Gasteiger partial charge in [-0.15, -0.1) is 0 Å². The van der Waals surface area contributed by atoms with Crippen molar-refractivity contribution in [2.24, 2.45) is 0 Å². The SMILES string of the molecule is N#Cc1ccc(Cl)cc1-n1c(=S)[nH]c2cc(I)ccc21. The number of hydrogen-bond acceptors (Lipinski definition) is 2. The number of fused-ring (bicyclic) bond motifs is 1. The Morgan fingerprint density at radius 3 is 2.80 bits per heavy atom. The smallest absolute Gasteiger partial charge is 0.182 e. The van der Waals surface area contributed by atoms with E-state index in [-0.39, 0.29) is 0 Å². The molecule has 0 radical (unpaired) electrons. The monoisotopic (exact) mass is 411 g/mol. The summed E-state index contributed by atoms with van der Waals surface area (Å²) in [5, 5.41) is 9.83. The molecule has 3 aromatic rings. The molecule has 0 amide bonds. The Hall–Kier alpha value is -1.36. The molecule has 0 fully saturated rings. The van der Waals surface area contributed by atoms with Gasteiger partial charge in [0.25, 0.3) is 0 Å². The number of nitriles is 1. The topological polar surface area (TPSA) is 44.5 Å². The number of nitrogens with zero attached hydrogens (tertiary/aromatic N) is 2. The van der Waals surface area contributed by atoms with E-state index in [1.807, 2.05) is 22.8 Å². The zero-order chi connectivity index (χ0) is 14.3. The van der Waals surface area contributed by atoms with Gasteiger partial charge in [0.1, 0.15) is 6.07 Å². The Balaban J connectivity index is 2.41. The average Bonchev–Trinajstić information content (AvgIpc) is 2.73. The Kier molecular flexibility index (Phi) is 3.54. The predicted molar refractivity (Wildman–Crippen MR) is 90.9 cm³/mol. The number of aromatic amines is 1. The molecule has 0 aliphatic rings. The van der Waals surface area contributed by atoms with Crippen molar-refractivity contribution >= 4 is 57.4 Å². The van der Waals surface area contributed by atoms with Crippen LogP contribution in [0.15, 0.2) is 36.4 Å². The fourth-order valence-corrected chi connectivity index (χ4v) is 3.07. The van der Waals surface area contributed by atoms with E-state index in [1.165, 1.54) is 0 Å². The van der Waals surface area contributed by atoms with Gasteiger partial charge in [-0.3, -0.25) is 4.57 Å². The van der Waals surface area contributed by atoms with E-state index in [1.54, 1.807) is 18.2 Å². The molecule has 2 aromatic carbocycles. The van der Waals surface area contributed by atoms with Gasteiger partial charge in [0, 0.05) is 8.59 Å². The summed E-state index contributed by atoms with van der Waals surface area (Å²) in [5.74, 6) is 0. The molecule has 0 bridgehead atoms. The fourth-order valence-electron chi connectivity index (χ4n) is 2.11. The predicted octanol–water partition coefficient (Wildman–Crippen LogP) is 4.82. The average molecular weight is 412 g/mol. The first-order valence-corrected chi connectivity index (χ1v) is 7.57. The first kappa shape index (κ1) is 13.6. The van der Waals surface area contributed by atoms with Crippen LogP contribution in [0, 0.1) is 19.7 Å². The molecule has 0 spiro atoms. The van der Waals surface area contributed by atoms with E-state index < -0.39 is 0 Å². The summed E-state index contributed by atoms with van der Waals surface area (Å²) in [4.78, 5) is 3.16. The number of hydrogen-bond donors (Lipinski definition) is 1. The van der Waals surface area contributed by atoms with Crippen LogP contribution in [0.3, 0.4) is 0 Å². The lowest BCUT2D eigenvalue weighted by molar-refractivity contribution is 1.06. The van der Waals surface area contributed by atoms with E-state index in [2.05, 4.69) is 33.6 Å². The summed E-state index contributed by atoms with van der Waals surface area (Å²) < 4.78 is 3.50. The molecular weight excluding hydrogens is 405 g/mol. The third-order valence-corrected chi connectivity index (χ3v) is 4.16. The van der Waals surface area contributed by atoms with E-state index in [9.17, 15) is 5.26 Å². The molecular formula is C14H7ClIN3S. The van der Waals surface area contributed by atoms with Crippen LogP contribution < -0.4 is 0 Å². The molecule has 98 valence electrons. The van der Waals surface area contributed by atoms with Crippen molar-refractivity contribution in [2.45, 2.75) is 0 Å². The molecule has 1 heterocycles. The van der Waals surface area contributed by atoms with Crippen molar-refractivity contribution in [3.05, 3.63) is 55.3 Å². The number of imidazole rings is 1. The standard InChI is InChI=1S/C14H7ClIN3S/c15-9-2-1-8(7-17)13(5-9)19-12-4-3-10(16)6-11(12)18-14(19)20/h1-6H,(H,18,20). The maximum absolute atomic E-state index is 9.26. The zero-order valence-electron chi connectivity index (χ0n) is 10.0. The van der Waals surface area contributed by atoms with Crippen LogP contribution in [-0.4, -0.2) is 9.55 Å². The summed E-state index contributed by atoms with van der Waals surface area (Å²) in [5.41, 5.74) is 3.09. The fraction of sp³-hybridized carbons (Fsp3) is 0. The third kappa shape index (κ3) is 2.24. The quantitative estimate of drug-likeness (QED) is 0.461. The summed E-state index contributed by atoms with van der Waals surface area (Å²) in [6, 6.07) is 13.3. The third-order valence-electron chi connectivity index (χ3n) is 2.97. The molecule has 0 unspecified atom stereocenters. The van der Waals surface area contributed by atoms with Gasteiger partial charge < -0.3 is 4.98 Å². The van der Waals surface area contributed by atoms with Crippen LogP contribution in [0.1, 0.15) is 5.56 Å². The van der Waals surface area contributed by atoms with Crippen LogP contribution in [-0.2, 0) is 0 Å². The van der Waals surface area contributed by atoms with Crippen molar-refractivity contribution in [1.29, 1.82) is 5.26 Å². The van der Waals surface area contributed by atoms with Gasteiger partial charge >= 0.3 is 0 Å². The lowest BCUT2D eigenvalue weighted by Gasteiger charge is -2.07. The Labute approximate surface area is 138 Å². The second-order valence-corrected chi connectivity index (χ2v) is 6.27. The minimum absolute atomic E-state index is 0.532. The number of halogens is 2. The zero-order valence-corrected chi connectivity index (χ0v) is 13.8. The van der Waals surface area contributed by atoms with Crippen LogP contribution in [0.5, 0.6) is 0 Å². The van der Waals surface area contributed by atoms with Crippen LogP contribution in [0.25, 0.3) is 16.7 Å². The first-order chi connectivity index (χ1) is 9.60. The van der Waals surface area contributed by atoms with Gasteiger partial charge in [-0.05, 0) is 71.2 Å². The molecule has 3 rings (SSSR count). The molecule has 0 atom stereocenters. The second-order valence-electron chi connectivity index (χ2n) is 4.20. The van der Waals surface area contributed by atoms with Crippen LogP contribution in [0.2, 0.25) is 5.02 Å². The molecule has 0 saturated heterocycles. The lowest BCUT2D eigenvalue weighted by atomic mass is 10.2. The normalized spacial score (nSPS) is 10.7. The molecule has 20 heavy (non-hydrogen) atoms. The summed E-state index contributed by atoms with van der Waals surface area (Å²) in [6.07, 6.45) is 0. The molecule has 0 aliphatic carbocycles. The maximum Gasteiger partial charge on any atom is 0.182 e. The van der Waals surface area contributed by atoms with Crippen molar-refractivity contribution in [2.75, 3.05) is 0 Å². The highest BCUT2D eigenvalue weighted by Gasteiger charge is 2.11. The minimum atomic E-state index is 0.532. The number of H-pyrrole nitrogens is 1. The number of benzene rings is 2. The van der Waals surface area contributed by atoms with Crippen LogP contribution >= 0.6 is 46.4 Å². The van der Waals surface area contributed by atoms with Crippen molar-refractivity contribution in [1.82, 2.24) is 9.55 Å². The van der Waals surface area contributed by atoms with Gasteiger partial charge in [0.2, 0.25) is 0 Å². The van der Waals surface area contributed by atoms with Crippen molar-refractivity contribution in [3.8, 4) is 11.8 Å². The van der Waals surface area contributed by atoms with Gasteiger partial charge in [0.15, 0.2) is 4.77 Å². The van der Waals surface area contributed by atoms with Gasteiger partial charge in [-0.1, -0.05) is 11.6 Å².